The number of halogens is 2. The molecule has 0 radical (unpaired) electrons. The van der Waals surface area contributed by atoms with Crippen molar-refractivity contribution >= 4 is 39.3 Å². The smallest absolute Gasteiger partial charge is 0.338 e. The highest BCUT2D eigenvalue weighted by Gasteiger charge is 2.33. The van der Waals surface area contributed by atoms with Crippen LogP contribution in [0.1, 0.15) is 31.2 Å². The van der Waals surface area contributed by atoms with Gasteiger partial charge < -0.3 is 9.15 Å². The number of allylic oxidation sites excluding steroid dienone is 1. The van der Waals surface area contributed by atoms with E-state index < -0.39 is 17.8 Å². The molecule has 0 bridgehead atoms. The lowest BCUT2D eigenvalue weighted by Gasteiger charge is -2.24. The summed E-state index contributed by atoms with van der Waals surface area (Å²) in [6.45, 7) is 3.59. The molecule has 3 heterocycles. The highest BCUT2D eigenvalue weighted by molar-refractivity contribution is 9.10. The Morgan fingerprint density at radius 3 is 2.72 bits per heavy atom. The fourth-order valence-electron chi connectivity index (χ4n) is 4.11. The molecule has 0 saturated carbocycles. The lowest BCUT2D eigenvalue weighted by atomic mass is 9.96. The number of rotatable bonds is 5. The molecular formula is C27H20BrFN2O4S. The number of aromatic nitrogens is 1. The van der Waals surface area contributed by atoms with E-state index >= 15 is 0 Å². The Labute approximate surface area is 217 Å². The van der Waals surface area contributed by atoms with Crippen molar-refractivity contribution in [2.45, 2.75) is 19.9 Å². The minimum atomic E-state index is -0.795. The predicted octanol–water partition coefficient (Wildman–Crippen LogP) is 4.96. The van der Waals surface area contributed by atoms with Crippen molar-refractivity contribution in [1.29, 1.82) is 0 Å². The van der Waals surface area contributed by atoms with Crippen LogP contribution in [-0.2, 0) is 9.53 Å². The van der Waals surface area contributed by atoms with Crippen LogP contribution in [0.2, 0.25) is 0 Å². The largest absolute Gasteiger partial charge is 0.463 e. The van der Waals surface area contributed by atoms with Gasteiger partial charge in [-0.05, 0) is 55.8 Å². The number of fused-ring (bicyclic) bond motifs is 1. The number of benzene rings is 2. The first-order chi connectivity index (χ1) is 17.4. The van der Waals surface area contributed by atoms with Gasteiger partial charge >= 0.3 is 5.97 Å². The Kier molecular flexibility index (Phi) is 6.59. The number of thiazole rings is 1. The summed E-state index contributed by atoms with van der Waals surface area (Å²) in [6, 6.07) is 16.3. The van der Waals surface area contributed by atoms with Gasteiger partial charge in [-0.1, -0.05) is 51.5 Å². The maximum Gasteiger partial charge on any atom is 0.338 e. The number of hydrogen-bond donors (Lipinski definition) is 0. The Hall–Kier alpha value is -3.56. The van der Waals surface area contributed by atoms with Gasteiger partial charge in [0.25, 0.3) is 5.56 Å². The molecule has 6 nitrogen and oxygen atoms in total. The molecule has 4 aromatic rings. The van der Waals surface area contributed by atoms with Gasteiger partial charge in [0.1, 0.15) is 17.3 Å². The van der Waals surface area contributed by atoms with Crippen molar-refractivity contribution in [3.63, 3.8) is 0 Å². The molecule has 0 N–H and O–H groups in total. The first-order valence-electron chi connectivity index (χ1n) is 11.2. The van der Waals surface area contributed by atoms with E-state index in [4.69, 9.17) is 9.15 Å². The molecular weight excluding hydrogens is 547 g/mol. The van der Waals surface area contributed by atoms with Crippen molar-refractivity contribution in [2.24, 2.45) is 4.99 Å². The molecule has 2 aromatic heterocycles. The van der Waals surface area contributed by atoms with Crippen LogP contribution >= 0.6 is 27.3 Å². The van der Waals surface area contributed by atoms with E-state index in [2.05, 4.69) is 20.9 Å². The van der Waals surface area contributed by atoms with E-state index in [0.29, 0.717) is 32.1 Å². The van der Waals surface area contributed by atoms with Gasteiger partial charge in [-0.25, -0.2) is 14.2 Å². The quantitative estimate of drug-likeness (QED) is 0.320. The summed E-state index contributed by atoms with van der Waals surface area (Å²) >= 11 is 4.66. The first-order valence-corrected chi connectivity index (χ1v) is 12.8. The number of furan rings is 1. The predicted molar refractivity (Wildman–Crippen MR) is 139 cm³/mol. The Bertz CT molecular complexity index is 1680. The molecule has 0 spiro atoms. The first kappa shape index (κ1) is 24.1. The highest BCUT2D eigenvalue weighted by atomic mass is 79.9. The summed E-state index contributed by atoms with van der Waals surface area (Å²) in [5, 5.41) is 0. The van der Waals surface area contributed by atoms with Crippen molar-refractivity contribution in [3.8, 4) is 11.3 Å². The van der Waals surface area contributed by atoms with Gasteiger partial charge in [-0.3, -0.25) is 9.36 Å². The molecule has 0 unspecified atom stereocenters. The lowest BCUT2D eigenvalue weighted by Crippen LogP contribution is -2.39. The fourth-order valence-corrected chi connectivity index (χ4v) is 5.53. The van der Waals surface area contributed by atoms with Crippen LogP contribution in [0.5, 0.6) is 0 Å². The summed E-state index contributed by atoms with van der Waals surface area (Å²) < 4.78 is 27.7. The second-order valence-corrected chi connectivity index (χ2v) is 9.99. The Morgan fingerprint density at radius 2 is 2.00 bits per heavy atom. The van der Waals surface area contributed by atoms with Gasteiger partial charge in [0.2, 0.25) is 0 Å². The number of hydrogen-bond acceptors (Lipinski definition) is 6. The number of carbonyl (C=O) groups is 1. The standard InChI is InChI=1S/C27H20BrFN2O4S/c1-3-34-26(33)23-15(2)30-27-31(24(23)16-7-9-19(29)10-8-16)25(32)22(36-27)14-20-11-12-21(35-20)17-5-4-6-18(28)13-17/h4-14,24H,3H2,1-2H3/b22-14-/t24-/m1/s1. The van der Waals surface area contributed by atoms with Crippen LogP contribution < -0.4 is 14.9 Å². The SMILES string of the molecule is CCOC(=O)C1=C(C)N=c2s/c(=C\c3ccc(-c4cccc(Br)c4)o3)c(=O)n2[C@@H]1c1ccc(F)cc1. The van der Waals surface area contributed by atoms with E-state index in [-0.39, 0.29) is 17.7 Å². The van der Waals surface area contributed by atoms with Crippen LogP contribution in [0.25, 0.3) is 17.4 Å². The molecule has 1 aliphatic rings. The van der Waals surface area contributed by atoms with Crippen LogP contribution in [0.15, 0.2) is 90.6 Å². The summed E-state index contributed by atoms with van der Waals surface area (Å²) in [5.74, 6) is 0.200. The fraction of sp³-hybridized carbons (Fsp3) is 0.148. The van der Waals surface area contributed by atoms with Gasteiger partial charge in [0.05, 0.1) is 28.5 Å². The van der Waals surface area contributed by atoms with E-state index in [1.54, 1.807) is 38.1 Å². The maximum atomic E-state index is 13.7. The summed E-state index contributed by atoms with van der Waals surface area (Å²) in [6.07, 6.45) is 1.66. The van der Waals surface area contributed by atoms with Crippen molar-refractivity contribution in [1.82, 2.24) is 4.57 Å². The van der Waals surface area contributed by atoms with Gasteiger partial charge in [0.15, 0.2) is 4.80 Å². The van der Waals surface area contributed by atoms with Crippen LogP contribution in [-0.4, -0.2) is 17.1 Å². The maximum absolute atomic E-state index is 13.7. The van der Waals surface area contributed by atoms with E-state index in [0.717, 1.165) is 10.0 Å². The molecule has 0 amide bonds. The number of ether oxygens (including phenoxy) is 1. The van der Waals surface area contributed by atoms with Gasteiger partial charge in [-0.2, -0.15) is 0 Å². The van der Waals surface area contributed by atoms with Crippen LogP contribution in [0, 0.1) is 5.82 Å². The van der Waals surface area contributed by atoms with Crippen LogP contribution in [0.4, 0.5) is 4.39 Å². The molecule has 5 rings (SSSR count). The third kappa shape index (κ3) is 4.52. The molecule has 182 valence electrons. The summed E-state index contributed by atoms with van der Waals surface area (Å²) in [7, 11) is 0. The average Bonchev–Trinajstić information content (AvgIpc) is 3.43. The Balaban J connectivity index is 1.64. The zero-order chi connectivity index (χ0) is 25.4. The number of esters is 1. The third-order valence-electron chi connectivity index (χ3n) is 5.71. The highest BCUT2D eigenvalue weighted by Crippen LogP contribution is 2.31. The van der Waals surface area contributed by atoms with Gasteiger partial charge in [0, 0.05) is 16.1 Å². The van der Waals surface area contributed by atoms with Crippen molar-refractivity contribution in [3.05, 3.63) is 113 Å². The monoisotopic (exact) mass is 566 g/mol. The second kappa shape index (κ2) is 9.83. The second-order valence-electron chi connectivity index (χ2n) is 8.07. The zero-order valence-corrected chi connectivity index (χ0v) is 21.7. The summed E-state index contributed by atoms with van der Waals surface area (Å²) in [4.78, 5) is 31.5. The molecule has 9 heteroatoms. The topological polar surface area (TPSA) is 73.8 Å². The molecule has 1 aliphatic heterocycles. The minimum Gasteiger partial charge on any atom is -0.463 e. The lowest BCUT2D eigenvalue weighted by molar-refractivity contribution is -0.139. The van der Waals surface area contributed by atoms with E-state index in [9.17, 15) is 14.0 Å². The van der Waals surface area contributed by atoms with Crippen molar-refractivity contribution < 1.29 is 18.3 Å². The molecule has 0 aliphatic carbocycles. The molecule has 0 fully saturated rings. The molecule has 2 aromatic carbocycles. The van der Waals surface area contributed by atoms with E-state index in [1.807, 2.05) is 30.3 Å². The third-order valence-corrected chi connectivity index (χ3v) is 7.19. The number of nitrogens with zero attached hydrogens (tertiary/aromatic N) is 2. The van der Waals surface area contributed by atoms with E-state index in [1.165, 1.54) is 28.0 Å². The molecule has 0 saturated heterocycles. The normalized spacial score (nSPS) is 15.6. The van der Waals surface area contributed by atoms with Crippen LogP contribution in [0.3, 0.4) is 0 Å². The number of carbonyl (C=O) groups excluding carboxylic acids is 1. The molecule has 1 atom stereocenters. The average molecular weight is 567 g/mol. The minimum absolute atomic E-state index is 0.176. The zero-order valence-electron chi connectivity index (χ0n) is 19.3. The molecule has 36 heavy (non-hydrogen) atoms. The van der Waals surface area contributed by atoms with Gasteiger partial charge in [-0.15, -0.1) is 0 Å². The summed E-state index contributed by atoms with van der Waals surface area (Å²) in [5.41, 5.74) is 1.85. The Morgan fingerprint density at radius 1 is 1.22 bits per heavy atom. The van der Waals surface area contributed by atoms with Crippen molar-refractivity contribution in [2.75, 3.05) is 6.61 Å².